The molecule has 4 rings (SSSR count). The Morgan fingerprint density at radius 1 is 1.06 bits per heavy atom. The summed E-state index contributed by atoms with van der Waals surface area (Å²) in [6, 6.07) is 24.3. The SMILES string of the molecule is COc1ccc(N2C(=O)C(Cc3cccc(C)c3)S/C2=C(/C#N)C(=O)Nc2ccc(C)cc2)cc1. The van der Waals surface area contributed by atoms with E-state index >= 15 is 0 Å². The molecule has 1 atom stereocenters. The first-order valence-electron chi connectivity index (χ1n) is 11.1. The second-order valence-electron chi connectivity index (χ2n) is 8.28. The van der Waals surface area contributed by atoms with Gasteiger partial charge in [0, 0.05) is 11.4 Å². The molecule has 0 aliphatic carbocycles. The minimum atomic E-state index is -0.554. The molecular weight excluding hydrogens is 458 g/mol. The first-order valence-corrected chi connectivity index (χ1v) is 12.0. The summed E-state index contributed by atoms with van der Waals surface area (Å²) in [6.07, 6.45) is 0.486. The van der Waals surface area contributed by atoms with Gasteiger partial charge in [-0.05, 0) is 62.2 Å². The number of nitriles is 1. The van der Waals surface area contributed by atoms with E-state index in [0.29, 0.717) is 28.6 Å². The number of anilines is 2. The van der Waals surface area contributed by atoms with Crippen molar-refractivity contribution in [1.29, 1.82) is 5.26 Å². The third-order valence-electron chi connectivity index (χ3n) is 5.65. The smallest absolute Gasteiger partial charge is 0.269 e. The Morgan fingerprint density at radius 3 is 2.40 bits per heavy atom. The Bertz CT molecular complexity index is 1320. The van der Waals surface area contributed by atoms with Crippen molar-refractivity contribution in [1.82, 2.24) is 0 Å². The van der Waals surface area contributed by atoms with Crippen molar-refractivity contribution in [3.8, 4) is 11.8 Å². The average molecular weight is 484 g/mol. The first-order chi connectivity index (χ1) is 16.9. The van der Waals surface area contributed by atoms with Crippen LogP contribution in [0.3, 0.4) is 0 Å². The number of carbonyl (C=O) groups excluding carboxylic acids is 2. The van der Waals surface area contributed by atoms with Crippen LogP contribution in [-0.4, -0.2) is 24.2 Å². The third-order valence-corrected chi connectivity index (χ3v) is 6.91. The predicted molar refractivity (Wildman–Crippen MR) is 139 cm³/mol. The summed E-state index contributed by atoms with van der Waals surface area (Å²) in [5.74, 6) is -0.0820. The molecule has 0 spiro atoms. The van der Waals surface area contributed by atoms with Gasteiger partial charge in [-0.1, -0.05) is 59.3 Å². The molecule has 0 aromatic heterocycles. The lowest BCUT2D eigenvalue weighted by Crippen LogP contribution is -2.30. The van der Waals surface area contributed by atoms with Gasteiger partial charge in [-0.3, -0.25) is 14.5 Å². The number of aryl methyl sites for hydroxylation is 2. The maximum absolute atomic E-state index is 13.6. The molecule has 176 valence electrons. The van der Waals surface area contributed by atoms with Crippen LogP contribution in [0.5, 0.6) is 5.75 Å². The van der Waals surface area contributed by atoms with Crippen molar-refractivity contribution in [2.24, 2.45) is 0 Å². The van der Waals surface area contributed by atoms with E-state index < -0.39 is 11.2 Å². The number of rotatable bonds is 6. The Labute approximate surface area is 209 Å². The summed E-state index contributed by atoms with van der Waals surface area (Å²) in [7, 11) is 1.57. The molecule has 3 aromatic carbocycles. The normalized spacial score (nSPS) is 16.6. The summed E-state index contributed by atoms with van der Waals surface area (Å²) in [5, 5.41) is 12.6. The minimum Gasteiger partial charge on any atom is -0.497 e. The van der Waals surface area contributed by atoms with Crippen LogP contribution in [0.2, 0.25) is 0 Å². The summed E-state index contributed by atoms with van der Waals surface area (Å²) in [6.45, 7) is 3.96. The number of hydrogen-bond donors (Lipinski definition) is 1. The molecule has 35 heavy (non-hydrogen) atoms. The molecule has 2 amide bonds. The highest BCUT2D eigenvalue weighted by molar-refractivity contribution is 8.05. The Kier molecular flexibility index (Phi) is 7.23. The number of carbonyl (C=O) groups is 2. The van der Waals surface area contributed by atoms with Crippen molar-refractivity contribution in [2.75, 3.05) is 17.3 Å². The van der Waals surface area contributed by atoms with E-state index in [1.165, 1.54) is 16.7 Å². The summed E-state index contributed by atoms with van der Waals surface area (Å²) < 4.78 is 5.24. The van der Waals surface area contributed by atoms with Crippen molar-refractivity contribution in [3.05, 3.63) is 100 Å². The van der Waals surface area contributed by atoms with Crippen molar-refractivity contribution < 1.29 is 14.3 Å². The highest BCUT2D eigenvalue weighted by Crippen LogP contribution is 2.42. The number of methoxy groups -OCH3 is 1. The quantitative estimate of drug-likeness (QED) is 0.376. The first kappa shape index (κ1) is 24.1. The van der Waals surface area contributed by atoms with E-state index in [1.807, 2.05) is 56.3 Å². The summed E-state index contributed by atoms with van der Waals surface area (Å²) in [4.78, 5) is 28.2. The van der Waals surface area contributed by atoms with Gasteiger partial charge in [0.2, 0.25) is 5.91 Å². The van der Waals surface area contributed by atoms with Crippen LogP contribution in [0, 0.1) is 25.2 Å². The number of benzene rings is 3. The molecule has 1 N–H and O–H groups in total. The molecule has 1 aliphatic heterocycles. The maximum atomic E-state index is 13.6. The number of hydrogen-bond acceptors (Lipinski definition) is 5. The number of nitrogens with zero attached hydrogens (tertiary/aromatic N) is 2. The van der Waals surface area contributed by atoms with Crippen LogP contribution in [0.1, 0.15) is 16.7 Å². The number of amides is 2. The van der Waals surface area contributed by atoms with Gasteiger partial charge in [-0.15, -0.1) is 0 Å². The van der Waals surface area contributed by atoms with Gasteiger partial charge in [0.15, 0.2) is 0 Å². The monoisotopic (exact) mass is 483 g/mol. The molecule has 1 fully saturated rings. The van der Waals surface area contributed by atoms with Gasteiger partial charge in [0.25, 0.3) is 5.91 Å². The fourth-order valence-corrected chi connectivity index (χ4v) is 5.15. The van der Waals surface area contributed by atoms with Crippen LogP contribution >= 0.6 is 11.8 Å². The van der Waals surface area contributed by atoms with Gasteiger partial charge in [-0.2, -0.15) is 5.26 Å². The molecule has 1 heterocycles. The molecule has 0 saturated carbocycles. The average Bonchev–Trinajstić information content (AvgIpc) is 3.16. The number of thioether (sulfide) groups is 1. The lowest BCUT2D eigenvalue weighted by Gasteiger charge is -2.19. The van der Waals surface area contributed by atoms with Crippen molar-refractivity contribution in [3.63, 3.8) is 0 Å². The van der Waals surface area contributed by atoms with Gasteiger partial charge < -0.3 is 10.1 Å². The fraction of sp³-hybridized carbons (Fsp3) is 0.179. The lowest BCUT2D eigenvalue weighted by molar-refractivity contribution is -0.117. The van der Waals surface area contributed by atoms with E-state index in [0.717, 1.165) is 16.7 Å². The van der Waals surface area contributed by atoms with Gasteiger partial charge in [-0.25, -0.2) is 0 Å². The second kappa shape index (κ2) is 10.5. The predicted octanol–water partition coefficient (Wildman–Crippen LogP) is 5.38. The molecule has 6 nitrogen and oxygen atoms in total. The van der Waals surface area contributed by atoms with Gasteiger partial charge >= 0.3 is 0 Å². The zero-order valence-electron chi connectivity index (χ0n) is 19.7. The van der Waals surface area contributed by atoms with E-state index in [-0.39, 0.29) is 11.5 Å². The van der Waals surface area contributed by atoms with E-state index in [4.69, 9.17) is 4.74 Å². The molecule has 1 saturated heterocycles. The Balaban J connectivity index is 1.72. The van der Waals surface area contributed by atoms with Crippen LogP contribution in [-0.2, 0) is 16.0 Å². The van der Waals surface area contributed by atoms with Crippen molar-refractivity contribution >= 4 is 35.0 Å². The third kappa shape index (κ3) is 5.39. The highest BCUT2D eigenvalue weighted by atomic mass is 32.2. The Hall–Kier alpha value is -4.02. The van der Waals surface area contributed by atoms with Crippen molar-refractivity contribution in [2.45, 2.75) is 25.5 Å². The molecule has 1 unspecified atom stereocenters. The topological polar surface area (TPSA) is 82.4 Å². The van der Waals surface area contributed by atoms with Crippen LogP contribution in [0.4, 0.5) is 11.4 Å². The molecular formula is C28H25N3O3S. The van der Waals surface area contributed by atoms with E-state index in [9.17, 15) is 14.9 Å². The van der Waals surface area contributed by atoms with Gasteiger partial charge in [0.1, 0.15) is 22.4 Å². The van der Waals surface area contributed by atoms with E-state index in [2.05, 4.69) is 5.32 Å². The number of ether oxygens (including phenoxy) is 1. The van der Waals surface area contributed by atoms with Gasteiger partial charge in [0.05, 0.1) is 12.4 Å². The summed E-state index contributed by atoms with van der Waals surface area (Å²) in [5.41, 5.74) is 4.23. The minimum absolute atomic E-state index is 0.105. The summed E-state index contributed by atoms with van der Waals surface area (Å²) >= 11 is 1.25. The zero-order valence-corrected chi connectivity index (χ0v) is 20.6. The van der Waals surface area contributed by atoms with Crippen LogP contribution < -0.4 is 15.0 Å². The van der Waals surface area contributed by atoms with Crippen LogP contribution in [0.15, 0.2) is 83.4 Å². The molecule has 3 aromatic rings. The highest BCUT2D eigenvalue weighted by Gasteiger charge is 2.40. The largest absolute Gasteiger partial charge is 0.497 e. The molecule has 0 radical (unpaired) electrons. The fourth-order valence-electron chi connectivity index (χ4n) is 3.84. The molecule has 0 bridgehead atoms. The zero-order chi connectivity index (χ0) is 24.9. The van der Waals surface area contributed by atoms with E-state index in [1.54, 1.807) is 43.5 Å². The Morgan fingerprint density at radius 2 is 1.77 bits per heavy atom. The molecule has 1 aliphatic rings. The van der Waals surface area contributed by atoms with Crippen LogP contribution in [0.25, 0.3) is 0 Å². The molecule has 7 heteroatoms. The second-order valence-corrected chi connectivity index (χ2v) is 9.47. The standard InChI is InChI=1S/C28H25N3O3S/c1-18-7-9-21(10-8-18)30-26(32)24(17-29)28-31(22-11-13-23(34-3)14-12-22)27(33)25(35-28)16-20-6-4-5-19(2)15-20/h4-15,25H,16H2,1-3H3,(H,30,32)/b28-24-. The number of nitrogens with one attached hydrogen (secondary N) is 1. The maximum Gasteiger partial charge on any atom is 0.269 e. The lowest BCUT2D eigenvalue weighted by atomic mass is 10.1.